The molecule has 0 heterocycles. The van der Waals surface area contributed by atoms with Gasteiger partial charge in [-0.3, -0.25) is 9.59 Å². The van der Waals surface area contributed by atoms with E-state index in [4.69, 9.17) is 21.1 Å². The van der Waals surface area contributed by atoms with E-state index in [1.54, 1.807) is 12.1 Å². The fourth-order valence-electron chi connectivity index (χ4n) is 5.09. The van der Waals surface area contributed by atoms with Gasteiger partial charge in [-0.15, -0.1) is 0 Å². The lowest BCUT2D eigenvalue weighted by atomic mass is 9.81. The summed E-state index contributed by atoms with van der Waals surface area (Å²) in [6.07, 6.45) is 2.78. The van der Waals surface area contributed by atoms with E-state index >= 15 is 0 Å². The van der Waals surface area contributed by atoms with Crippen molar-refractivity contribution in [2.75, 3.05) is 13.7 Å². The molecule has 43 heavy (non-hydrogen) atoms. The van der Waals surface area contributed by atoms with Crippen LogP contribution in [0, 0.1) is 11.8 Å². The molecule has 1 atom stereocenters. The molecular weight excluding hydrogens is 570 g/mol. The summed E-state index contributed by atoms with van der Waals surface area (Å²) >= 11 is 6.51. The number of benzene rings is 2. The second-order valence-corrected chi connectivity index (χ2v) is 12.8. The van der Waals surface area contributed by atoms with Crippen LogP contribution >= 0.6 is 11.6 Å². The Kier molecular flexibility index (Phi) is 12.0. The topological polar surface area (TPSA) is 123 Å². The van der Waals surface area contributed by atoms with Gasteiger partial charge in [0.2, 0.25) is 5.91 Å². The number of methoxy groups -OCH3 is 1. The largest absolute Gasteiger partial charge is 0.467 e. The van der Waals surface area contributed by atoms with Crippen molar-refractivity contribution >= 4 is 35.5 Å². The number of ether oxygens (including phenoxy) is 2. The van der Waals surface area contributed by atoms with Crippen LogP contribution in [0.5, 0.6) is 0 Å². The quantitative estimate of drug-likeness (QED) is 0.297. The number of rotatable bonds is 10. The second kappa shape index (κ2) is 15.2. The summed E-state index contributed by atoms with van der Waals surface area (Å²) in [4.78, 5) is 49.9. The Hall–Kier alpha value is -3.59. The van der Waals surface area contributed by atoms with E-state index in [-0.39, 0.29) is 36.1 Å². The molecule has 0 aromatic heterocycles. The normalized spacial score (nSPS) is 17.5. The summed E-state index contributed by atoms with van der Waals surface area (Å²) in [5.41, 5.74) is 2.43. The van der Waals surface area contributed by atoms with Crippen LogP contribution in [-0.4, -0.2) is 55.2 Å². The number of hydrogen-bond acceptors (Lipinski definition) is 6. The average molecular weight is 614 g/mol. The molecule has 0 unspecified atom stereocenters. The minimum Gasteiger partial charge on any atom is -0.467 e. The van der Waals surface area contributed by atoms with Crippen LogP contribution in [0.15, 0.2) is 42.5 Å². The predicted molar refractivity (Wildman–Crippen MR) is 167 cm³/mol. The van der Waals surface area contributed by atoms with Crippen LogP contribution in [0.4, 0.5) is 4.79 Å². The fourth-order valence-corrected chi connectivity index (χ4v) is 5.38. The molecule has 2 aromatic carbocycles. The second-order valence-electron chi connectivity index (χ2n) is 12.4. The number of hydrogen-bond donors (Lipinski definition) is 3. The number of nitrogens with one attached hydrogen (secondary N) is 3. The molecule has 1 saturated carbocycles. The van der Waals surface area contributed by atoms with Gasteiger partial charge in [0.25, 0.3) is 5.91 Å². The summed E-state index contributed by atoms with van der Waals surface area (Å²) in [6, 6.07) is 12.0. The van der Waals surface area contributed by atoms with Crippen LogP contribution in [0.25, 0.3) is 11.1 Å². The number of esters is 1. The highest BCUT2D eigenvalue weighted by molar-refractivity contribution is 6.33. The first-order valence-corrected chi connectivity index (χ1v) is 15.2. The third kappa shape index (κ3) is 10.6. The van der Waals surface area contributed by atoms with Crippen molar-refractivity contribution in [1.29, 1.82) is 0 Å². The summed E-state index contributed by atoms with van der Waals surface area (Å²) in [5, 5.41) is 9.03. The van der Waals surface area contributed by atoms with Gasteiger partial charge in [-0.05, 0) is 89.5 Å². The smallest absolute Gasteiger partial charge is 0.407 e. The van der Waals surface area contributed by atoms with Crippen molar-refractivity contribution in [3.05, 3.63) is 58.6 Å². The van der Waals surface area contributed by atoms with Crippen molar-refractivity contribution < 1.29 is 28.7 Å². The Bertz CT molecular complexity index is 1280. The van der Waals surface area contributed by atoms with Gasteiger partial charge in [0.05, 0.1) is 7.11 Å². The number of alkyl carbamates (subject to hydrolysis) is 1. The third-order valence-corrected chi connectivity index (χ3v) is 7.62. The number of carbonyl (C=O) groups excluding carboxylic acids is 4. The number of carbonyl (C=O) groups is 4. The van der Waals surface area contributed by atoms with Gasteiger partial charge >= 0.3 is 12.1 Å². The zero-order chi connectivity index (χ0) is 31.7. The zero-order valence-electron chi connectivity index (χ0n) is 25.9. The standard InChI is InChI=1S/C33H44ClN3O6/c1-20(2)36-30(39)25-15-16-26(27(34)18-25)23-11-7-21(8-12-23)17-28(31(40)42-6)37-29(38)24-13-9-22(10-14-24)19-35-32(41)43-33(3,4)5/h7-8,11-12,15-16,18,20,22,24,28H,9-10,13-14,17,19H2,1-6H3,(H,35,41)(H,36,39)(H,37,38)/t22?,24?,28-/m0/s1. The molecule has 1 aliphatic carbocycles. The Morgan fingerprint density at radius 2 is 1.60 bits per heavy atom. The molecule has 234 valence electrons. The SMILES string of the molecule is COC(=O)[C@H](Cc1ccc(-c2ccc(C(=O)NC(C)C)cc2Cl)cc1)NC(=O)C1CCC(CNC(=O)OC(C)(C)C)CC1. The molecule has 3 rings (SSSR count). The molecule has 9 nitrogen and oxygen atoms in total. The maximum atomic E-state index is 13.1. The van der Waals surface area contributed by atoms with E-state index in [1.165, 1.54) is 7.11 Å². The summed E-state index contributed by atoms with van der Waals surface area (Å²) in [7, 11) is 1.31. The predicted octanol–water partition coefficient (Wildman–Crippen LogP) is 5.68. The van der Waals surface area contributed by atoms with Crippen molar-refractivity contribution in [3.8, 4) is 11.1 Å². The number of amides is 3. The van der Waals surface area contributed by atoms with Gasteiger partial charge in [-0.2, -0.15) is 0 Å². The maximum Gasteiger partial charge on any atom is 0.407 e. The molecule has 2 aromatic rings. The molecule has 0 radical (unpaired) electrons. The highest BCUT2D eigenvalue weighted by Crippen LogP contribution is 2.30. The lowest BCUT2D eigenvalue weighted by Crippen LogP contribution is -2.46. The lowest BCUT2D eigenvalue weighted by Gasteiger charge is -2.29. The molecule has 1 fully saturated rings. The molecule has 0 aliphatic heterocycles. The van der Waals surface area contributed by atoms with Crippen molar-refractivity contribution in [2.45, 2.75) is 84.4 Å². The monoisotopic (exact) mass is 613 g/mol. The van der Waals surface area contributed by atoms with E-state index < -0.39 is 23.7 Å². The first-order chi connectivity index (χ1) is 20.3. The molecular formula is C33H44ClN3O6. The fraction of sp³-hybridized carbons (Fsp3) is 0.515. The summed E-state index contributed by atoms with van der Waals surface area (Å²) in [6.45, 7) is 9.76. The van der Waals surface area contributed by atoms with Crippen molar-refractivity contribution in [1.82, 2.24) is 16.0 Å². The van der Waals surface area contributed by atoms with Crippen LogP contribution in [0.2, 0.25) is 5.02 Å². The van der Waals surface area contributed by atoms with Gasteiger partial charge in [0.1, 0.15) is 11.6 Å². The van der Waals surface area contributed by atoms with E-state index in [1.807, 2.05) is 65.0 Å². The Balaban J connectivity index is 1.56. The summed E-state index contributed by atoms with van der Waals surface area (Å²) in [5.74, 6) is -0.795. The van der Waals surface area contributed by atoms with E-state index in [2.05, 4.69) is 16.0 Å². The average Bonchev–Trinajstić information content (AvgIpc) is 2.94. The van der Waals surface area contributed by atoms with Gasteiger partial charge in [0, 0.05) is 41.1 Å². The van der Waals surface area contributed by atoms with E-state index in [0.717, 1.165) is 29.5 Å². The zero-order valence-corrected chi connectivity index (χ0v) is 26.7. The van der Waals surface area contributed by atoms with Crippen LogP contribution in [0.1, 0.15) is 76.2 Å². The van der Waals surface area contributed by atoms with E-state index in [0.29, 0.717) is 30.0 Å². The molecule has 1 aliphatic rings. The Labute approximate surface area is 259 Å². The first kappa shape index (κ1) is 33.9. The Morgan fingerprint density at radius 1 is 0.953 bits per heavy atom. The van der Waals surface area contributed by atoms with E-state index in [9.17, 15) is 19.2 Å². The Morgan fingerprint density at radius 3 is 2.16 bits per heavy atom. The molecule has 0 saturated heterocycles. The minimum atomic E-state index is -0.822. The highest BCUT2D eigenvalue weighted by Gasteiger charge is 2.30. The molecule has 0 bridgehead atoms. The summed E-state index contributed by atoms with van der Waals surface area (Å²) < 4.78 is 10.3. The third-order valence-electron chi connectivity index (χ3n) is 7.31. The van der Waals surface area contributed by atoms with Crippen LogP contribution < -0.4 is 16.0 Å². The van der Waals surface area contributed by atoms with Gasteiger partial charge < -0.3 is 25.4 Å². The van der Waals surface area contributed by atoms with Crippen LogP contribution in [0.3, 0.4) is 0 Å². The van der Waals surface area contributed by atoms with Gasteiger partial charge in [-0.1, -0.05) is 41.9 Å². The molecule has 0 spiro atoms. The minimum absolute atomic E-state index is 0.0203. The van der Waals surface area contributed by atoms with Crippen molar-refractivity contribution in [2.24, 2.45) is 11.8 Å². The molecule has 10 heteroatoms. The first-order valence-electron chi connectivity index (χ1n) is 14.8. The van der Waals surface area contributed by atoms with Crippen LogP contribution in [-0.2, 0) is 25.5 Å². The lowest BCUT2D eigenvalue weighted by molar-refractivity contribution is -0.145. The van der Waals surface area contributed by atoms with Gasteiger partial charge in [-0.25, -0.2) is 9.59 Å². The van der Waals surface area contributed by atoms with Gasteiger partial charge in [0.15, 0.2) is 0 Å². The molecule has 3 amide bonds. The van der Waals surface area contributed by atoms with Crippen molar-refractivity contribution in [3.63, 3.8) is 0 Å². The number of halogens is 1. The maximum absolute atomic E-state index is 13.1. The molecule has 3 N–H and O–H groups in total. The highest BCUT2D eigenvalue weighted by atomic mass is 35.5.